The number of aryl methyl sites for hydroxylation is 1. The van der Waals surface area contributed by atoms with Gasteiger partial charge in [0.1, 0.15) is 11.5 Å². The number of hydrogen-bond acceptors (Lipinski definition) is 5. The molecule has 0 unspecified atom stereocenters. The lowest BCUT2D eigenvalue weighted by molar-refractivity contribution is 0.0956. The van der Waals surface area contributed by atoms with E-state index in [0.29, 0.717) is 22.3 Å². The van der Waals surface area contributed by atoms with Gasteiger partial charge in [-0.05, 0) is 37.3 Å². The molecule has 1 heterocycles. The summed E-state index contributed by atoms with van der Waals surface area (Å²) >= 11 is 0. The van der Waals surface area contributed by atoms with Crippen LogP contribution in [0.3, 0.4) is 0 Å². The van der Waals surface area contributed by atoms with Crippen LogP contribution in [0.5, 0.6) is 11.5 Å². The number of pyridine rings is 1. The Labute approximate surface area is 173 Å². The number of phenolic OH excluding ortho intramolecular Hbond substituents is 2. The van der Waals surface area contributed by atoms with Crippen LogP contribution in [0.2, 0.25) is 0 Å². The first-order chi connectivity index (χ1) is 14.5. The van der Waals surface area contributed by atoms with Crippen molar-refractivity contribution in [2.45, 2.75) is 6.92 Å². The Morgan fingerprint density at radius 2 is 1.80 bits per heavy atom. The lowest BCUT2D eigenvalue weighted by Crippen LogP contribution is -2.18. The van der Waals surface area contributed by atoms with Crippen molar-refractivity contribution in [1.29, 1.82) is 0 Å². The third kappa shape index (κ3) is 3.98. The maximum absolute atomic E-state index is 12.9. The minimum Gasteiger partial charge on any atom is -0.508 e. The van der Waals surface area contributed by atoms with Gasteiger partial charge in [0.15, 0.2) is 0 Å². The van der Waals surface area contributed by atoms with Gasteiger partial charge in [0.25, 0.3) is 5.91 Å². The van der Waals surface area contributed by atoms with Crippen molar-refractivity contribution in [2.75, 3.05) is 0 Å². The van der Waals surface area contributed by atoms with Gasteiger partial charge in [0.05, 0.1) is 23.0 Å². The predicted molar refractivity (Wildman–Crippen MR) is 117 cm³/mol. The Morgan fingerprint density at radius 3 is 2.57 bits per heavy atom. The molecule has 0 fully saturated rings. The van der Waals surface area contributed by atoms with E-state index in [0.717, 1.165) is 16.5 Å². The summed E-state index contributed by atoms with van der Waals surface area (Å²) in [6.45, 7) is 1.96. The Hall–Kier alpha value is -4.19. The van der Waals surface area contributed by atoms with E-state index in [1.165, 1.54) is 24.4 Å². The zero-order chi connectivity index (χ0) is 21.1. The molecule has 1 amide bonds. The van der Waals surface area contributed by atoms with Crippen LogP contribution in [0.1, 0.15) is 21.5 Å². The van der Waals surface area contributed by atoms with E-state index in [1.807, 2.05) is 55.5 Å². The molecule has 3 N–H and O–H groups in total. The van der Waals surface area contributed by atoms with Crippen molar-refractivity contribution in [3.8, 4) is 22.8 Å². The maximum atomic E-state index is 12.9. The minimum atomic E-state index is -0.389. The highest BCUT2D eigenvalue weighted by Gasteiger charge is 2.14. The molecule has 4 aromatic rings. The summed E-state index contributed by atoms with van der Waals surface area (Å²) in [5, 5.41) is 23.9. The first kappa shape index (κ1) is 19.1. The van der Waals surface area contributed by atoms with Gasteiger partial charge < -0.3 is 10.2 Å². The highest BCUT2D eigenvalue weighted by molar-refractivity contribution is 6.07. The van der Waals surface area contributed by atoms with Gasteiger partial charge in [0, 0.05) is 22.6 Å². The van der Waals surface area contributed by atoms with Crippen molar-refractivity contribution in [3.05, 3.63) is 89.5 Å². The fourth-order valence-corrected chi connectivity index (χ4v) is 3.15. The normalized spacial score (nSPS) is 11.1. The van der Waals surface area contributed by atoms with Gasteiger partial charge in [-0.3, -0.25) is 4.79 Å². The number of amides is 1. The second-order valence-electron chi connectivity index (χ2n) is 6.88. The topological polar surface area (TPSA) is 94.8 Å². The fraction of sp³-hybridized carbons (Fsp3) is 0.0417. The molecule has 0 bridgehead atoms. The molecule has 4 rings (SSSR count). The van der Waals surface area contributed by atoms with Crippen LogP contribution in [0.4, 0.5) is 0 Å². The SMILES string of the molecule is Cc1ccc2nc(-c3ccccc3)cc(C(=O)N/N=C/c3ccc(O)cc3O)c2c1. The average Bonchev–Trinajstić information content (AvgIpc) is 2.75. The fourth-order valence-electron chi connectivity index (χ4n) is 3.15. The van der Waals surface area contributed by atoms with Crippen LogP contribution in [0.25, 0.3) is 22.2 Å². The molecule has 6 nitrogen and oxygen atoms in total. The monoisotopic (exact) mass is 397 g/mol. The van der Waals surface area contributed by atoms with Gasteiger partial charge in [-0.2, -0.15) is 5.10 Å². The first-order valence-electron chi connectivity index (χ1n) is 9.33. The molecule has 0 aliphatic heterocycles. The quantitative estimate of drug-likeness (QED) is 0.352. The summed E-state index contributed by atoms with van der Waals surface area (Å²) in [6.07, 6.45) is 1.32. The number of aromatic nitrogens is 1. The number of benzene rings is 3. The van der Waals surface area contributed by atoms with E-state index in [2.05, 4.69) is 10.5 Å². The van der Waals surface area contributed by atoms with Crippen molar-refractivity contribution in [1.82, 2.24) is 10.4 Å². The second-order valence-corrected chi connectivity index (χ2v) is 6.88. The van der Waals surface area contributed by atoms with Crippen molar-refractivity contribution >= 4 is 23.0 Å². The molecule has 0 spiro atoms. The van der Waals surface area contributed by atoms with Crippen LogP contribution in [-0.2, 0) is 0 Å². The van der Waals surface area contributed by atoms with Crippen LogP contribution >= 0.6 is 0 Å². The molecule has 6 heteroatoms. The average molecular weight is 397 g/mol. The third-order valence-electron chi connectivity index (χ3n) is 4.66. The largest absolute Gasteiger partial charge is 0.508 e. The zero-order valence-corrected chi connectivity index (χ0v) is 16.2. The van der Waals surface area contributed by atoms with Gasteiger partial charge >= 0.3 is 0 Å². The molecule has 0 saturated heterocycles. The number of nitrogens with one attached hydrogen (secondary N) is 1. The highest BCUT2D eigenvalue weighted by atomic mass is 16.3. The number of hydrogen-bond donors (Lipinski definition) is 3. The molecule has 0 atom stereocenters. The molecule has 3 aromatic carbocycles. The Bertz CT molecular complexity index is 1270. The van der Waals surface area contributed by atoms with E-state index in [1.54, 1.807) is 6.07 Å². The van der Waals surface area contributed by atoms with Crippen molar-refractivity contribution < 1.29 is 15.0 Å². The lowest BCUT2D eigenvalue weighted by Gasteiger charge is -2.10. The Kier molecular flexibility index (Phi) is 5.13. The van der Waals surface area contributed by atoms with Gasteiger partial charge in [-0.25, -0.2) is 10.4 Å². The molecule has 30 heavy (non-hydrogen) atoms. The summed E-state index contributed by atoms with van der Waals surface area (Å²) in [5.74, 6) is -0.579. The van der Waals surface area contributed by atoms with Gasteiger partial charge in [-0.15, -0.1) is 0 Å². The lowest BCUT2D eigenvalue weighted by atomic mass is 10.0. The molecule has 0 aliphatic carbocycles. The minimum absolute atomic E-state index is 0.0549. The summed E-state index contributed by atoms with van der Waals surface area (Å²) in [4.78, 5) is 17.6. The van der Waals surface area contributed by atoms with E-state index in [9.17, 15) is 15.0 Å². The predicted octanol–water partition coefficient (Wildman–Crippen LogP) is 4.39. The molecule has 0 saturated carbocycles. The summed E-state index contributed by atoms with van der Waals surface area (Å²) in [6, 6.07) is 21.3. The number of aromatic hydroxyl groups is 2. The van der Waals surface area contributed by atoms with E-state index < -0.39 is 0 Å². The number of hydrazone groups is 1. The standard InChI is InChI=1S/C24H19N3O3/c1-15-7-10-21-19(11-15)20(13-22(26-21)16-5-3-2-4-6-16)24(30)27-25-14-17-8-9-18(28)12-23(17)29/h2-14,28-29H,1H3,(H,27,30)/b25-14+. The molecular weight excluding hydrogens is 378 g/mol. The first-order valence-corrected chi connectivity index (χ1v) is 9.33. The van der Waals surface area contributed by atoms with Crippen LogP contribution < -0.4 is 5.43 Å². The van der Waals surface area contributed by atoms with Crippen molar-refractivity contribution in [3.63, 3.8) is 0 Å². The van der Waals surface area contributed by atoms with Crippen LogP contribution in [0, 0.1) is 6.92 Å². The molecule has 0 radical (unpaired) electrons. The number of phenols is 2. The van der Waals surface area contributed by atoms with Crippen LogP contribution in [-0.4, -0.2) is 27.3 Å². The van der Waals surface area contributed by atoms with E-state index in [4.69, 9.17) is 4.98 Å². The number of nitrogens with zero attached hydrogens (tertiary/aromatic N) is 2. The third-order valence-corrected chi connectivity index (χ3v) is 4.66. The smallest absolute Gasteiger partial charge is 0.272 e. The van der Waals surface area contributed by atoms with Gasteiger partial charge in [-0.1, -0.05) is 42.0 Å². The Morgan fingerprint density at radius 1 is 1.00 bits per heavy atom. The van der Waals surface area contributed by atoms with E-state index in [-0.39, 0.29) is 17.4 Å². The zero-order valence-electron chi connectivity index (χ0n) is 16.2. The highest BCUT2D eigenvalue weighted by Crippen LogP contribution is 2.26. The van der Waals surface area contributed by atoms with Gasteiger partial charge in [0.2, 0.25) is 0 Å². The second kappa shape index (κ2) is 8.05. The molecule has 148 valence electrons. The summed E-state index contributed by atoms with van der Waals surface area (Å²) in [7, 11) is 0. The maximum Gasteiger partial charge on any atom is 0.272 e. The summed E-state index contributed by atoms with van der Waals surface area (Å²) < 4.78 is 0. The molecule has 1 aromatic heterocycles. The number of carbonyl (C=O) groups is 1. The number of rotatable bonds is 4. The van der Waals surface area contributed by atoms with Crippen LogP contribution in [0.15, 0.2) is 77.9 Å². The van der Waals surface area contributed by atoms with Crippen molar-refractivity contribution in [2.24, 2.45) is 5.10 Å². The summed E-state index contributed by atoms with van der Waals surface area (Å²) in [5.41, 5.74) is 6.66. The molecule has 0 aliphatic rings. The number of carbonyl (C=O) groups excluding carboxylic acids is 1. The Balaban J connectivity index is 1.70. The van der Waals surface area contributed by atoms with E-state index >= 15 is 0 Å². The number of fused-ring (bicyclic) bond motifs is 1. The molecular formula is C24H19N3O3.